The zero-order chi connectivity index (χ0) is 23.7. The van der Waals surface area contributed by atoms with Crippen molar-refractivity contribution in [1.82, 2.24) is 14.9 Å². The molecule has 0 unspecified atom stereocenters. The highest BCUT2D eigenvalue weighted by Gasteiger charge is 2.24. The van der Waals surface area contributed by atoms with Crippen molar-refractivity contribution < 1.29 is 13.2 Å². The highest BCUT2D eigenvalue weighted by Crippen LogP contribution is 2.28. The number of nitrogens with one attached hydrogen (secondary N) is 3. The van der Waals surface area contributed by atoms with Gasteiger partial charge in [0.1, 0.15) is 0 Å². The Morgan fingerprint density at radius 3 is 2.26 bits per heavy atom. The number of anilines is 1. The summed E-state index contributed by atoms with van der Waals surface area (Å²) in [5.41, 5.74) is 2.72. The second-order valence-corrected chi connectivity index (χ2v) is 10.1. The maximum Gasteiger partial charge on any atom is 0.323 e. The van der Waals surface area contributed by atoms with Gasteiger partial charge in [-0.15, -0.1) is 0 Å². The number of hydrogen-bond donors (Lipinski definition) is 3. The number of fused-ring (bicyclic) bond motifs is 1. The van der Waals surface area contributed by atoms with Gasteiger partial charge in [0, 0.05) is 24.3 Å². The van der Waals surface area contributed by atoms with E-state index in [-0.39, 0.29) is 10.8 Å². The molecule has 0 aliphatic carbocycles. The van der Waals surface area contributed by atoms with E-state index in [0.29, 0.717) is 41.3 Å². The Hall–Kier alpha value is -3.85. The molecular weight excluding hydrogens is 452 g/mol. The smallest absolute Gasteiger partial charge is 0.323 e. The Morgan fingerprint density at radius 2 is 1.56 bits per heavy atom. The molecule has 174 valence electrons. The van der Waals surface area contributed by atoms with Crippen molar-refractivity contribution in [2.45, 2.75) is 23.7 Å². The van der Waals surface area contributed by atoms with Gasteiger partial charge in [0.15, 0.2) is 0 Å². The first-order chi connectivity index (χ1) is 16.4. The fraction of sp³-hybridized carbons (Fsp3) is 0.200. The quantitative estimate of drug-likeness (QED) is 0.408. The predicted molar refractivity (Wildman–Crippen MR) is 130 cm³/mol. The van der Waals surface area contributed by atoms with Gasteiger partial charge in [-0.05, 0) is 66.8 Å². The highest BCUT2D eigenvalue weighted by atomic mass is 32.2. The van der Waals surface area contributed by atoms with Crippen molar-refractivity contribution in [2.75, 3.05) is 17.8 Å². The van der Waals surface area contributed by atoms with Gasteiger partial charge in [-0.1, -0.05) is 30.3 Å². The Kier molecular flexibility index (Phi) is 5.70. The molecule has 8 nitrogen and oxygen atoms in total. The summed E-state index contributed by atoms with van der Waals surface area (Å²) in [6.45, 7) is 1.38. The van der Waals surface area contributed by atoms with E-state index in [1.165, 1.54) is 23.8 Å². The number of carbonyl (C=O) groups excluding carboxylic acids is 1. The predicted octanol–water partition coefficient (Wildman–Crippen LogP) is 3.68. The summed E-state index contributed by atoms with van der Waals surface area (Å²) in [6.07, 6.45) is 1.84. The Morgan fingerprint density at radius 1 is 0.882 bits per heavy atom. The zero-order valence-corrected chi connectivity index (χ0v) is 19.1. The molecule has 0 bridgehead atoms. The molecule has 3 aromatic carbocycles. The van der Waals surface area contributed by atoms with Crippen LogP contribution in [0.3, 0.4) is 0 Å². The van der Waals surface area contributed by atoms with Crippen LogP contribution in [0.1, 0.15) is 34.7 Å². The highest BCUT2D eigenvalue weighted by molar-refractivity contribution is 7.92. The molecule has 1 saturated heterocycles. The summed E-state index contributed by atoms with van der Waals surface area (Å²) in [5.74, 6) is 0.410. The maximum atomic E-state index is 12.9. The molecule has 4 aromatic rings. The summed E-state index contributed by atoms with van der Waals surface area (Å²) in [4.78, 5) is 31.4. The monoisotopic (exact) mass is 476 g/mol. The third kappa shape index (κ3) is 4.47. The van der Waals surface area contributed by atoms with Crippen LogP contribution in [0.4, 0.5) is 5.69 Å². The fourth-order valence-corrected chi connectivity index (χ4v) is 5.48. The zero-order valence-electron chi connectivity index (χ0n) is 18.3. The molecule has 0 atom stereocenters. The second-order valence-electron chi connectivity index (χ2n) is 8.45. The van der Waals surface area contributed by atoms with E-state index in [2.05, 4.69) is 26.8 Å². The number of sulfonamides is 1. The van der Waals surface area contributed by atoms with Crippen LogP contribution >= 0.6 is 0 Å². The van der Waals surface area contributed by atoms with Crippen molar-refractivity contribution in [1.29, 1.82) is 0 Å². The number of H-pyrrole nitrogens is 2. The average Bonchev–Trinajstić information content (AvgIpc) is 3.24. The van der Waals surface area contributed by atoms with E-state index in [1.54, 1.807) is 24.3 Å². The molecule has 0 saturated carbocycles. The van der Waals surface area contributed by atoms with Gasteiger partial charge in [-0.2, -0.15) is 0 Å². The van der Waals surface area contributed by atoms with Crippen molar-refractivity contribution in [3.63, 3.8) is 0 Å². The minimum Gasteiger partial charge on any atom is -0.339 e. The maximum absolute atomic E-state index is 12.9. The number of hydrogen-bond acceptors (Lipinski definition) is 4. The Labute approximate surface area is 196 Å². The first-order valence-corrected chi connectivity index (χ1v) is 12.6. The molecule has 1 amide bonds. The van der Waals surface area contributed by atoms with Crippen LogP contribution in [-0.4, -0.2) is 42.3 Å². The molecule has 0 radical (unpaired) electrons. The van der Waals surface area contributed by atoms with Crippen LogP contribution in [0.25, 0.3) is 11.0 Å². The van der Waals surface area contributed by atoms with E-state index < -0.39 is 15.7 Å². The summed E-state index contributed by atoms with van der Waals surface area (Å²) in [6, 6.07) is 21.2. The molecule has 0 spiro atoms. The first kappa shape index (κ1) is 22.0. The molecule has 34 heavy (non-hydrogen) atoms. The van der Waals surface area contributed by atoms with Gasteiger partial charge in [-0.3, -0.25) is 9.52 Å². The SMILES string of the molecule is O=C(c1ccc(NS(=O)(=O)c2ccc3[nH]c(=O)[nH]c3c2)cc1)N1CCC(c2ccccc2)CC1. The average molecular weight is 477 g/mol. The number of carbonyl (C=O) groups is 1. The fourth-order valence-electron chi connectivity index (χ4n) is 4.40. The minimum atomic E-state index is -3.86. The minimum absolute atomic E-state index is 0.0247. The van der Waals surface area contributed by atoms with Gasteiger partial charge < -0.3 is 14.9 Å². The van der Waals surface area contributed by atoms with Crippen LogP contribution < -0.4 is 10.4 Å². The molecule has 9 heteroatoms. The van der Waals surface area contributed by atoms with Crippen LogP contribution in [0.15, 0.2) is 82.5 Å². The summed E-state index contributed by atoms with van der Waals surface area (Å²) < 4.78 is 28.1. The van der Waals surface area contributed by atoms with Gasteiger partial charge in [0.25, 0.3) is 15.9 Å². The van der Waals surface area contributed by atoms with Crippen LogP contribution in [0.2, 0.25) is 0 Å². The van der Waals surface area contributed by atoms with Crippen molar-refractivity contribution in [3.8, 4) is 0 Å². The molecular formula is C25H24N4O4S. The number of aromatic nitrogens is 2. The van der Waals surface area contributed by atoms with Gasteiger partial charge in [0.2, 0.25) is 0 Å². The van der Waals surface area contributed by atoms with E-state index in [0.717, 1.165) is 12.8 Å². The summed E-state index contributed by atoms with van der Waals surface area (Å²) in [7, 11) is -3.86. The molecule has 2 heterocycles. The lowest BCUT2D eigenvalue weighted by Gasteiger charge is -2.32. The van der Waals surface area contributed by atoms with Crippen LogP contribution in [-0.2, 0) is 10.0 Å². The Balaban J connectivity index is 1.24. The number of imidazole rings is 1. The van der Waals surface area contributed by atoms with E-state index in [9.17, 15) is 18.0 Å². The molecule has 3 N–H and O–H groups in total. The molecule has 1 aliphatic heterocycles. The number of piperidine rings is 1. The number of rotatable bonds is 5. The number of aromatic amines is 2. The largest absolute Gasteiger partial charge is 0.339 e. The summed E-state index contributed by atoms with van der Waals surface area (Å²) in [5, 5.41) is 0. The second kappa shape index (κ2) is 8.83. The number of likely N-dealkylation sites (tertiary alicyclic amines) is 1. The lowest BCUT2D eigenvalue weighted by atomic mass is 9.89. The van der Waals surface area contributed by atoms with Crippen molar-refractivity contribution in [2.24, 2.45) is 0 Å². The number of amides is 1. The molecule has 1 aromatic heterocycles. The van der Waals surface area contributed by atoms with E-state index >= 15 is 0 Å². The van der Waals surface area contributed by atoms with E-state index in [4.69, 9.17) is 0 Å². The van der Waals surface area contributed by atoms with Gasteiger partial charge >= 0.3 is 5.69 Å². The first-order valence-electron chi connectivity index (χ1n) is 11.1. The van der Waals surface area contributed by atoms with Crippen LogP contribution in [0, 0.1) is 0 Å². The normalized spacial score (nSPS) is 14.9. The lowest BCUT2D eigenvalue weighted by Crippen LogP contribution is -2.37. The lowest BCUT2D eigenvalue weighted by molar-refractivity contribution is 0.0713. The Bertz CT molecular complexity index is 1480. The van der Waals surface area contributed by atoms with Crippen LogP contribution in [0.5, 0.6) is 0 Å². The molecule has 1 aliphatic rings. The third-order valence-corrected chi connectivity index (χ3v) is 7.61. The van der Waals surface area contributed by atoms with Crippen molar-refractivity contribution >= 4 is 32.7 Å². The molecule has 5 rings (SSSR count). The number of nitrogens with zero attached hydrogens (tertiary/aromatic N) is 1. The molecule has 1 fully saturated rings. The topological polar surface area (TPSA) is 115 Å². The van der Waals surface area contributed by atoms with Crippen molar-refractivity contribution in [3.05, 3.63) is 94.4 Å². The standard InChI is InChI=1S/C25H24N4O4S/c30-24(29-14-12-18(13-15-29)17-4-2-1-3-5-17)19-6-8-20(9-7-19)28-34(32,33)21-10-11-22-23(16-21)27-25(31)26-22/h1-11,16,18,28H,12-15H2,(H2,26,27,31). The number of benzene rings is 3. The third-order valence-electron chi connectivity index (χ3n) is 6.23. The van der Waals surface area contributed by atoms with Gasteiger partial charge in [-0.25, -0.2) is 13.2 Å². The van der Waals surface area contributed by atoms with E-state index in [1.807, 2.05) is 23.1 Å². The summed E-state index contributed by atoms with van der Waals surface area (Å²) >= 11 is 0. The van der Waals surface area contributed by atoms with Gasteiger partial charge in [0.05, 0.1) is 15.9 Å².